The van der Waals surface area contributed by atoms with Crippen molar-refractivity contribution >= 4 is 33.0 Å². The Bertz CT molecular complexity index is 474. The van der Waals surface area contributed by atoms with E-state index in [0.717, 1.165) is 12.2 Å². The van der Waals surface area contributed by atoms with E-state index in [0.29, 0.717) is 0 Å². The first-order chi connectivity index (χ1) is 7.66. The third-order valence-electron chi connectivity index (χ3n) is 2.40. The van der Waals surface area contributed by atoms with E-state index in [1.54, 1.807) is 0 Å². The first-order valence-corrected chi connectivity index (χ1v) is 6.67. The van der Waals surface area contributed by atoms with Crippen LogP contribution in [0, 0.1) is 13.8 Å². The largest absolute Gasteiger partial charge is 0.379 e. The number of rotatable bonds is 3. The highest BCUT2D eigenvalue weighted by Gasteiger charge is 2.03. The number of anilines is 1. The Morgan fingerprint density at radius 1 is 1.44 bits per heavy atom. The van der Waals surface area contributed by atoms with Gasteiger partial charge in [-0.05, 0) is 47.5 Å². The normalized spacial score (nSPS) is 10.4. The van der Waals surface area contributed by atoms with Crippen LogP contribution in [-0.4, -0.2) is 4.98 Å². The Hall–Kier alpha value is -0.870. The van der Waals surface area contributed by atoms with E-state index in [9.17, 15) is 0 Å². The van der Waals surface area contributed by atoms with Gasteiger partial charge in [0.25, 0.3) is 0 Å². The molecule has 0 aromatic carbocycles. The second-order valence-electron chi connectivity index (χ2n) is 3.66. The summed E-state index contributed by atoms with van der Waals surface area (Å²) in [6, 6.07) is 4.18. The predicted molar refractivity (Wildman–Crippen MR) is 73.1 cm³/mol. The fraction of sp³-hybridized carbons (Fsp3) is 0.250. The van der Waals surface area contributed by atoms with E-state index >= 15 is 0 Å². The molecule has 0 amide bonds. The zero-order chi connectivity index (χ0) is 11.5. The molecule has 0 saturated carbocycles. The number of pyridine rings is 1. The Labute approximate surface area is 108 Å². The quantitative estimate of drug-likeness (QED) is 0.921. The first-order valence-electron chi connectivity index (χ1n) is 5.06. The molecule has 2 heterocycles. The molecule has 0 aliphatic rings. The Balaban J connectivity index is 2.05. The van der Waals surface area contributed by atoms with Gasteiger partial charge in [-0.2, -0.15) is 0 Å². The molecular formula is C12H13BrN2S. The lowest BCUT2D eigenvalue weighted by Crippen LogP contribution is -1.99. The number of aryl methyl sites for hydroxylation is 2. The van der Waals surface area contributed by atoms with Gasteiger partial charge in [-0.3, -0.25) is 4.98 Å². The number of nitrogens with zero attached hydrogens (tertiary/aromatic N) is 1. The summed E-state index contributed by atoms with van der Waals surface area (Å²) in [6.07, 6.45) is 3.68. The third-order valence-corrected chi connectivity index (χ3v) is 4.54. The fourth-order valence-corrected chi connectivity index (χ4v) is 2.98. The minimum Gasteiger partial charge on any atom is -0.379 e. The van der Waals surface area contributed by atoms with E-state index in [-0.39, 0.29) is 0 Å². The van der Waals surface area contributed by atoms with Crippen LogP contribution in [0.1, 0.15) is 15.3 Å². The summed E-state index contributed by atoms with van der Waals surface area (Å²) in [5.41, 5.74) is 2.33. The zero-order valence-electron chi connectivity index (χ0n) is 9.25. The third kappa shape index (κ3) is 2.62. The smallest absolute Gasteiger partial charge is 0.0559 e. The maximum Gasteiger partial charge on any atom is 0.0559 e. The Morgan fingerprint density at radius 2 is 2.25 bits per heavy atom. The molecule has 2 rings (SSSR count). The molecule has 4 heteroatoms. The van der Waals surface area contributed by atoms with E-state index in [1.165, 1.54) is 19.8 Å². The van der Waals surface area contributed by atoms with Gasteiger partial charge in [0.05, 0.1) is 11.9 Å². The topological polar surface area (TPSA) is 24.9 Å². The summed E-state index contributed by atoms with van der Waals surface area (Å²) in [5.74, 6) is 0. The predicted octanol–water partition coefficient (Wildman–Crippen LogP) is 4.13. The van der Waals surface area contributed by atoms with Gasteiger partial charge < -0.3 is 5.32 Å². The highest BCUT2D eigenvalue weighted by molar-refractivity contribution is 9.10. The van der Waals surface area contributed by atoms with Crippen LogP contribution in [0.5, 0.6) is 0 Å². The number of halogens is 1. The second kappa shape index (κ2) is 4.97. The van der Waals surface area contributed by atoms with Gasteiger partial charge in [-0.1, -0.05) is 0 Å². The van der Waals surface area contributed by atoms with Crippen molar-refractivity contribution in [3.63, 3.8) is 0 Å². The number of nitrogens with one attached hydrogen (secondary N) is 1. The van der Waals surface area contributed by atoms with Gasteiger partial charge in [-0.15, -0.1) is 11.3 Å². The molecule has 0 unspecified atom stereocenters. The van der Waals surface area contributed by atoms with Crippen molar-refractivity contribution in [2.45, 2.75) is 20.4 Å². The molecule has 0 radical (unpaired) electrons. The highest BCUT2D eigenvalue weighted by Crippen LogP contribution is 2.27. The van der Waals surface area contributed by atoms with Gasteiger partial charge in [0.2, 0.25) is 0 Å². The number of thiophene rings is 1. The van der Waals surface area contributed by atoms with Crippen molar-refractivity contribution in [1.29, 1.82) is 0 Å². The summed E-state index contributed by atoms with van der Waals surface area (Å²) in [7, 11) is 0. The van der Waals surface area contributed by atoms with Gasteiger partial charge in [0.15, 0.2) is 0 Å². The van der Waals surface area contributed by atoms with Crippen LogP contribution < -0.4 is 5.32 Å². The standard InChI is InChI=1S/C12H13BrN2S/c1-8-3-4-14-7-12(8)15-6-10-5-11(13)9(2)16-10/h3-5,7,15H,6H2,1-2H3. The Kier molecular flexibility index (Phi) is 3.61. The van der Waals surface area contributed by atoms with Crippen LogP contribution in [0.2, 0.25) is 0 Å². The zero-order valence-corrected chi connectivity index (χ0v) is 11.7. The summed E-state index contributed by atoms with van der Waals surface area (Å²) in [4.78, 5) is 6.76. The summed E-state index contributed by atoms with van der Waals surface area (Å²) in [5, 5.41) is 3.40. The lowest BCUT2D eigenvalue weighted by Gasteiger charge is -2.06. The van der Waals surface area contributed by atoms with Crippen LogP contribution in [-0.2, 0) is 6.54 Å². The number of hydrogen-bond donors (Lipinski definition) is 1. The summed E-state index contributed by atoms with van der Waals surface area (Å²) < 4.78 is 1.19. The van der Waals surface area contributed by atoms with E-state index < -0.39 is 0 Å². The highest BCUT2D eigenvalue weighted by atomic mass is 79.9. The molecule has 0 aliphatic carbocycles. The molecule has 0 fully saturated rings. The lowest BCUT2D eigenvalue weighted by atomic mass is 10.2. The fourth-order valence-electron chi connectivity index (χ4n) is 1.44. The molecule has 0 bridgehead atoms. The van der Waals surface area contributed by atoms with Crippen molar-refractivity contribution in [2.75, 3.05) is 5.32 Å². The van der Waals surface area contributed by atoms with Crippen LogP contribution >= 0.6 is 27.3 Å². The molecular weight excluding hydrogens is 284 g/mol. The average Bonchev–Trinajstić information content (AvgIpc) is 2.57. The lowest BCUT2D eigenvalue weighted by molar-refractivity contribution is 1.15. The molecule has 0 atom stereocenters. The molecule has 0 saturated heterocycles. The monoisotopic (exact) mass is 296 g/mol. The van der Waals surface area contributed by atoms with Crippen molar-refractivity contribution in [2.24, 2.45) is 0 Å². The van der Waals surface area contributed by atoms with Gasteiger partial charge in [0, 0.05) is 27.0 Å². The van der Waals surface area contributed by atoms with E-state index in [1.807, 2.05) is 29.8 Å². The summed E-state index contributed by atoms with van der Waals surface area (Å²) >= 11 is 5.34. The molecule has 2 aromatic heterocycles. The van der Waals surface area contributed by atoms with Crippen LogP contribution in [0.25, 0.3) is 0 Å². The molecule has 2 aromatic rings. The summed E-state index contributed by atoms with van der Waals surface area (Å²) in [6.45, 7) is 5.05. The average molecular weight is 297 g/mol. The van der Waals surface area contributed by atoms with E-state index in [2.05, 4.69) is 46.1 Å². The van der Waals surface area contributed by atoms with Crippen molar-refractivity contribution in [3.05, 3.63) is 44.3 Å². The molecule has 1 N–H and O–H groups in total. The minimum atomic E-state index is 0.851. The second-order valence-corrected chi connectivity index (χ2v) is 5.86. The maximum absolute atomic E-state index is 4.11. The van der Waals surface area contributed by atoms with Crippen molar-refractivity contribution < 1.29 is 0 Å². The van der Waals surface area contributed by atoms with Gasteiger partial charge >= 0.3 is 0 Å². The molecule has 84 valence electrons. The molecule has 2 nitrogen and oxygen atoms in total. The number of aromatic nitrogens is 1. The van der Waals surface area contributed by atoms with Crippen LogP contribution in [0.3, 0.4) is 0 Å². The molecule has 0 aliphatic heterocycles. The minimum absolute atomic E-state index is 0.851. The molecule has 16 heavy (non-hydrogen) atoms. The van der Waals surface area contributed by atoms with Gasteiger partial charge in [0.1, 0.15) is 0 Å². The SMILES string of the molecule is Cc1ccncc1NCc1cc(Br)c(C)s1. The van der Waals surface area contributed by atoms with Crippen LogP contribution in [0.4, 0.5) is 5.69 Å². The first kappa shape index (κ1) is 11.6. The molecule has 0 spiro atoms. The number of hydrogen-bond acceptors (Lipinski definition) is 3. The van der Waals surface area contributed by atoms with E-state index in [4.69, 9.17) is 0 Å². The maximum atomic E-state index is 4.11. The van der Waals surface area contributed by atoms with Crippen molar-refractivity contribution in [1.82, 2.24) is 4.98 Å². The van der Waals surface area contributed by atoms with Crippen LogP contribution in [0.15, 0.2) is 29.0 Å². The Morgan fingerprint density at radius 3 is 2.88 bits per heavy atom. The van der Waals surface area contributed by atoms with Crippen molar-refractivity contribution in [3.8, 4) is 0 Å². The van der Waals surface area contributed by atoms with Gasteiger partial charge in [-0.25, -0.2) is 0 Å².